The van der Waals surface area contributed by atoms with Crippen molar-refractivity contribution in [2.75, 3.05) is 45.9 Å². The highest BCUT2D eigenvalue weighted by Gasteiger charge is 2.30. The SMILES string of the molecule is Cl.NCCN(CCc1ccccc1)S(=O)(=O)N1CCOCC1. The molecule has 1 aromatic carbocycles. The maximum Gasteiger partial charge on any atom is 0.282 e. The lowest BCUT2D eigenvalue weighted by atomic mass is 10.1. The first kappa shape index (κ1) is 19.3. The predicted octanol–water partition coefficient (Wildman–Crippen LogP) is 0.489. The van der Waals surface area contributed by atoms with Crippen LogP contribution >= 0.6 is 12.4 Å². The monoisotopic (exact) mass is 349 g/mol. The van der Waals surface area contributed by atoms with Gasteiger partial charge in [0, 0.05) is 32.7 Å². The second-order valence-electron chi connectivity index (χ2n) is 4.94. The van der Waals surface area contributed by atoms with E-state index < -0.39 is 10.2 Å². The zero-order chi connectivity index (χ0) is 15.1. The summed E-state index contributed by atoms with van der Waals surface area (Å²) in [5.41, 5.74) is 6.70. The van der Waals surface area contributed by atoms with Crippen LogP contribution in [0.4, 0.5) is 0 Å². The van der Waals surface area contributed by atoms with E-state index in [0.29, 0.717) is 52.4 Å². The summed E-state index contributed by atoms with van der Waals surface area (Å²) in [6.45, 7) is 2.83. The number of nitrogens with zero attached hydrogens (tertiary/aromatic N) is 2. The minimum absolute atomic E-state index is 0. The van der Waals surface area contributed by atoms with Crippen LogP contribution in [-0.4, -0.2) is 63.0 Å². The van der Waals surface area contributed by atoms with Gasteiger partial charge in [0.1, 0.15) is 0 Å². The van der Waals surface area contributed by atoms with Gasteiger partial charge < -0.3 is 10.5 Å². The van der Waals surface area contributed by atoms with Crippen LogP contribution in [0.15, 0.2) is 30.3 Å². The van der Waals surface area contributed by atoms with E-state index in [0.717, 1.165) is 5.56 Å². The summed E-state index contributed by atoms with van der Waals surface area (Å²) in [5.74, 6) is 0. The standard InChI is InChI=1S/C14H23N3O3S.ClH/c15-7-9-16(8-6-14-4-2-1-3-5-14)21(18,19)17-10-12-20-13-11-17;/h1-5H,6-13,15H2;1H. The molecule has 6 nitrogen and oxygen atoms in total. The highest BCUT2D eigenvalue weighted by molar-refractivity contribution is 7.86. The van der Waals surface area contributed by atoms with E-state index in [1.165, 1.54) is 8.61 Å². The molecule has 0 radical (unpaired) electrons. The van der Waals surface area contributed by atoms with E-state index in [9.17, 15) is 8.42 Å². The predicted molar refractivity (Wildman–Crippen MR) is 89.3 cm³/mol. The van der Waals surface area contributed by atoms with E-state index in [-0.39, 0.29) is 12.4 Å². The molecular weight excluding hydrogens is 326 g/mol. The van der Waals surface area contributed by atoms with Gasteiger partial charge >= 0.3 is 0 Å². The van der Waals surface area contributed by atoms with Crippen molar-refractivity contribution in [3.63, 3.8) is 0 Å². The van der Waals surface area contributed by atoms with Gasteiger partial charge in [-0.15, -0.1) is 12.4 Å². The Balaban J connectivity index is 0.00000242. The molecule has 1 heterocycles. The Morgan fingerprint density at radius 2 is 1.77 bits per heavy atom. The molecule has 0 bridgehead atoms. The number of hydrogen-bond acceptors (Lipinski definition) is 4. The summed E-state index contributed by atoms with van der Waals surface area (Å²) in [7, 11) is -3.45. The van der Waals surface area contributed by atoms with Gasteiger partial charge in [-0.1, -0.05) is 30.3 Å². The van der Waals surface area contributed by atoms with Crippen molar-refractivity contribution in [2.24, 2.45) is 5.73 Å². The lowest BCUT2D eigenvalue weighted by Gasteiger charge is -2.32. The highest BCUT2D eigenvalue weighted by Crippen LogP contribution is 2.12. The Labute approximate surface area is 138 Å². The van der Waals surface area contributed by atoms with Crippen LogP contribution < -0.4 is 5.73 Å². The third-order valence-electron chi connectivity index (χ3n) is 3.49. The highest BCUT2D eigenvalue weighted by atomic mass is 35.5. The van der Waals surface area contributed by atoms with E-state index in [4.69, 9.17) is 10.5 Å². The maximum absolute atomic E-state index is 12.6. The Morgan fingerprint density at radius 1 is 1.14 bits per heavy atom. The molecule has 0 saturated carbocycles. The lowest BCUT2D eigenvalue weighted by molar-refractivity contribution is 0.0702. The molecule has 126 valence electrons. The molecule has 1 saturated heterocycles. The molecule has 0 aliphatic carbocycles. The van der Waals surface area contributed by atoms with Crippen LogP contribution in [0.3, 0.4) is 0 Å². The van der Waals surface area contributed by atoms with Crippen molar-refractivity contribution in [2.45, 2.75) is 6.42 Å². The zero-order valence-corrected chi connectivity index (χ0v) is 14.2. The van der Waals surface area contributed by atoms with Crippen molar-refractivity contribution in [1.82, 2.24) is 8.61 Å². The number of rotatable bonds is 7. The number of halogens is 1. The Hall–Kier alpha value is -0.700. The molecule has 2 rings (SSSR count). The van der Waals surface area contributed by atoms with Crippen LogP contribution in [0.25, 0.3) is 0 Å². The number of ether oxygens (including phenoxy) is 1. The summed E-state index contributed by atoms with van der Waals surface area (Å²) in [6, 6.07) is 9.87. The molecule has 1 aliphatic heterocycles. The van der Waals surface area contributed by atoms with E-state index in [1.807, 2.05) is 30.3 Å². The summed E-state index contributed by atoms with van der Waals surface area (Å²) in [4.78, 5) is 0. The molecular formula is C14H24ClN3O3S. The summed E-state index contributed by atoms with van der Waals surface area (Å²) in [6.07, 6.45) is 0.685. The molecule has 1 aromatic rings. The average molecular weight is 350 g/mol. The first-order valence-electron chi connectivity index (χ1n) is 7.21. The van der Waals surface area contributed by atoms with Gasteiger partial charge in [0.25, 0.3) is 10.2 Å². The number of benzene rings is 1. The molecule has 0 aromatic heterocycles. The molecule has 0 unspecified atom stereocenters. The second-order valence-corrected chi connectivity index (χ2v) is 6.87. The fourth-order valence-electron chi connectivity index (χ4n) is 2.33. The molecule has 0 spiro atoms. The second kappa shape index (κ2) is 9.44. The molecule has 2 N–H and O–H groups in total. The quantitative estimate of drug-likeness (QED) is 0.777. The number of morpholine rings is 1. The Morgan fingerprint density at radius 3 is 2.36 bits per heavy atom. The Bertz CT molecular complexity index is 521. The lowest BCUT2D eigenvalue weighted by Crippen LogP contribution is -2.50. The number of nitrogens with two attached hydrogens (primary N) is 1. The Kier molecular flexibility index (Phi) is 8.30. The van der Waals surface area contributed by atoms with Gasteiger partial charge in [-0.2, -0.15) is 17.0 Å². The van der Waals surface area contributed by atoms with E-state index >= 15 is 0 Å². The third kappa shape index (κ3) is 5.19. The van der Waals surface area contributed by atoms with Crippen molar-refractivity contribution in [3.05, 3.63) is 35.9 Å². The average Bonchev–Trinajstić information content (AvgIpc) is 2.53. The first-order valence-corrected chi connectivity index (χ1v) is 8.61. The molecule has 22 heavy (non-hydrogen) atoms. The summed E-state index contributed by atoms with van der Waals surface area (Å²) < 4.78 is 33.5. The fourth-order valence-corrected chi connectivity index (χ4v) is 3.92. The van der Waals surface area contributed by atoms with Crippen LogP contribution in [0.1, 0.15) is 5.56 Å². The van der Waals surface area contributed by atoms with Crippen LogP contribution in [0, 0.1) is 0 Å². The molecule has 1 aliphatic rings. The van der Waals surface area contributed by atoms with Crippen molar-refractivity contribution in [3.8, 4) is 0 Å². The molecule has 0 atom stereocenters. The minimum atomic E-state index is -3.45. The van der Waals surface area contributed by atoms with E-state index in [2.05, 4.69) is 0 Å². The van der Waals surface area contributed by atoms with Crippen molar-refractivity contribution < 1.29 is 13.2 Å². The van der Waals surface area contributed by atoms with Gasteiger partial charge in [-0.05, 0) is 12.0 Å². The zero-order valence-electron chi connectivity index (χ0n) is 12.6. The van der Waals surface area contributed by atoms with Crippen LogP contribution in [0.5, 0.6) is 0 Å². The largest absolute Gasteiger partial charge is 0.379 e. The van der Waals surface area contributed by atoms with Gasteiger partial charge in [-0.25, -0.2) is 0 Å². The van der Waals surface area contributed by atoms with Crippen LogP contribution in [-0.2, 0) is 21.4 Å². The minimum Gasteiger partial charge on any atom is -0.379 e. The molecule has 8 heteroatoms. The number of hydrogen-bond donors (Lipinski definition) is 1. The fraction of sp³-hybridized carbons (Fsp3) is 0.571. The first-order chi connectivity index (χ1) is 10.1. The third-order valence-corrected chi connectivity index (χ3v) is 5.53. The normalized spacial score (nSPS) is 16.5. The summed E-state index contributed by atoms with van der Waals surface area (Å²) in [5, 5.41) is 0. The summed E-state index contributed by atoms with van der Waals surface area (Å²) >= 11 is 0. The van der Waals surface area contributed by atoms with Gasteiger partial charge in [0.05, 0.1) is 13.2 Å². The van der Waals surface area contributed by atoms with Crippen LogP contribution in [0.2, 0.25) is 0 Å². The topological polar surface area (TPSA) is 75.9 Å². The molecule has 1 fully saturated rings. The van der Waals surface area contributed by atoms with Gasteiger partial charge in [0.15, 0.2) is 0 Å². The maximum atomic E-state index is 12.6. The molecule has 0 amide bonds. The van der Waals surface area contributed by atoms with Gasteiger partial charge in [0.2, 0.25) is 0 Å². The van der Waals surface area contributed by atoms with E-state index in [1.54, 1.807) is 0 Å². The smallest absolute Gasteiger partial charge is 0.282 e. The van der Waals surface area contributed by atoms with Crippen molar-refractivity contribution in [1.29, 1.82) is 0 Å². The van der Waals surface area contributed by atoms with Crippen molar-refractivity contribution >= 4 is 22.6 Å². The van der Waals surface area contributed by atoms with Gasteiger partial charge in [-0.3, -0.25) is 0 Å².